The molecule has 0 bridgehead atoms. The third-order valence-electron chi connectivity index (χ3n) is 2.47. The standard InChI is InChI=1S/C12H11BrClFN2O/c1-2-9(13)12-16-11(17-18-12)5-7-3-4-8(15)6-10(7)14/h3-4,6,9H,2,5H2,1H3. The molecule has 1 atom stereocenters. The van der Waals surface area contributed by atoms with E-state index >= 15 is 0 Å². The van der Waals surface area contributed by atoms with Crippen LogP contribution < -0.4 is 0 Å². The average molecular weight is 334 g/mol. The summed E-state index contributed by atoms with van der Waals surface area (Å²) in [6.45, 7) is 2.01. The minimum atomic E-state index is -0.357. The predicted molar refractivity (Wildman–Crippen MR) is 70.5 cm³/mol. The maximum Gasteiger partial charge on any atom is 0.240 e. The van der Waals surface area contributed by atoms with E-state index in [4.69, 9.17) is 16.1 Å². The molecule has 0 saturated heterocycles. The highest BCUT2D eigenvalue weighted by Crippen LogP contribution is 2.25. The van der Waals surface area contributed by atoms with Crippen molar-refractivity contribution in [3.8, 4) is 0 Å². The van der Waals surface area contributed by atoms with Gasteiger partial charge in [0.25, 0.3) is 0 Å². The summed E-state index contributed by atoms with van der Waals surface area (Å²) in [7, 11) is 0. The summed E-state index contributed by atoms with van der Waals surface area (Å²) in [5.41, 5.74) is 0.771. The quantitative estimate of drug-likeness (QED) is 0.783. The Morgan fingerprint density at radius 2 is 2.28 bits per heavy atom. The van der Waals surface area contributed by atoms with Gasteiger partial charge in [0.15, 0.2) is 5.82 Å². The number of benzene rings is 1. The van der Waals surface area contributed by atoms with Crippen molar-refractivity contribution in [3.05, 3.63) is 46.3 Å². The molecule has 6 heteroatoms. The fourth-order valence-electron chi connectivity index (χ4n) is 1.48. The number of nitrogens with zero attached hydrogens (tertiary/aromatic N) is 2. The molecule has 0 aliphatic rings. The summed E-state index contributed by atoms with van der Waals surface area (Å²) in [4.78, 5) is 4.32. The lowest BCUT2D eigenvalue weighted by Gasteiger charge is -2.00. The van der Waals surface area contributed by atoms with Crippen LogP contribution in [0.5, 0.6) is 0 Å². The van der Waals surface area contributed by atoms with E-state index in [-0.39, 0.29) is 10.6 Å². The molecular weight excluding hydrogens is 322 g/mol. The summed E-state index contributed by atoms with van der Waals surface area (Å²) in [5.74, 6) is 0.728. The highest BCUT2D eigenvalue weighted by molar-refractivity contribution is 9.09. The molecule has 0 aliphatic heterocycles. The van der Waals surface area contributed by atoms with Gasteiger partial charge < -0.3 is 4.52 Å². The van der Waals surface area contributed by atoms with Crippen LogP contribution in [0, 0.1) is 5.82 Å². The van der Waals surface area contributed by atoms with Crippen LogP contribution in [-0.4, -0.2) is 10.1 Å². The van der Waals surface area contributed by atoms with E-state index in [0.29, 0.717) is 23.2 Å². The average Bonchev–Trinajstić information content (AvgIpc) is 2.80. The second-order valence-corrected chi connectivity index (χ2v) is 5.35. The molecule has 0 fully saturated rings. The molecule has 0 aliphatic carbocycles. The van der Waals surface area contributed by atoms with E-state index in [9.17, 15) is 4.39 Å². The summed E-state index contributed by atoms with van der Waals surface area (Å²) in [6.07, 6.45) is 1.28. The molecule has 0 N–H and O–H groups in total. The number of aromatic nitrogens is 2. The molecule has 1 unspecified atom stereocenters. The van der Waals surface area contributed by atoms with E-state index in [2.05, 4.69) is 26.1 Å². The Kier molecular flexibility index (Phi) is 4.35. The summed E-state index contributed by atoms with van der Waals surface area (Å²) < 4.78 is 18.0. The SMILES string of the molecule is CCC(Br)c1nc(Cc2ccc(F)cc2Cl)no1. The minimum Gasteiger partial charge on any atom is -0.338 e. The van der Waals surface area contributed by atoms with Crippen LogP contribution in [0.3, 0.4) is 0 Å². The monoisotopic (exact) mass is 332 g/mol. The lowest BCUT2D eigenvalue weighted by atomic mass is 10.1. The Morgan fingerprint density at radius 3 is 2.94 bits per heavy atom. The second-order valence-electron chi connectivity index (χ2n) is 3.84. The van der Waals surface area contributed by atoms with Gasteiger partial charge in [-0.25, -0.2) is 4.39 Å². The number of hydrogen-bond donors (Lipinski definition) is 0. The zero-order valence-corrected chi connectivity index (χ0v) is 12.0. The number of alkyl halides is 1. The van der Waals surface area contributed by atoms with Crippen molar-refractivity contribution in [1.29, 1.82) is 0 Å². The smallest absolute Gasteiger partial charge is 0.240 e. The van der Waals surface area contributed by atoms with E-state index in [1.165, 1.54) is 12.1 Å². The Hall–Kier alpha value is -0.940. The van der Waals surface area contributed by atoms with Crippen LogP contribution in [0.1, 0.15) is 35.5 Å². The van der Waals surface area contributed by atoms with E-state index < -0.39 is 0 Å². The van der Waals surface area contributed by atoms with Crippen molar-refractivity contribution >= 4 is 27.5 Å². The Labute approximate surface area is 117 Å². The summed E-state index contributed by atoms with van der Waals surface area (Å²) in [5, 5.41) is 4.24. The maximum absolute atomic E-state index is 12.9. The number of hydrogen-bond acceptors (Lipinski definition) is 3. The number of rotatable bonds is 4. The van der Waals surface area contributed by atoms with Crippen LogP contribution >= 0.6 is 27.5 Å². The summed E-state index contributed by atoms with van der Waals surface area (Å²) in [6, 6.07) is 4.26. The molecule has 1 aromatic heterocycles. The van der Waals surface area contributed by atoms with Crippen LogP contribution in [0.4, 0.5) is 4.39 Å². The fourth-order valence-corrected chi connectivity index (χ4v) is 1.90. The van der Waals surface area contributed by atoms with E-state index in [0.717, 1.165) is 12.0 Å². The molecule has 0 radical (unpaired) electrons. The normalized spacial score (nSPS) is 12.7. The fraction of sp³-hybridized carbons (Fsp3) is 0.333. The zero-order chi connectivity index (χ0) is 13.1. The number of halogens is 3. The first-order valence-corrected chi connectivity index (χ1v) is 6.80. The molecule has 18 heavy (non-hydrogen) atoms. The van der Waals surface area contributed by atoms with Crippen molar-refractivity contribution in [2.75, 3.05) is 0 Å². The van der Waals surface area contributed by atoms with E-state index in [1.54, 1.807) is 6.07 Å². The van der Waals surface area contributed by atoms with Crippen molar-refractivity contribution < 1.29 is 8.91 Å². The predicted octanol–water partition coefficient (Wildman–Crippen LogP) is 4.30. The molecule has 1 aromatic carbocycles. The Morgan fingerprint density at radius 1 is 1.50 bits per heavy atom. The van der Waals surface area contributed by atoms with Gasteiger partial charge in [-0.2, -0.15) is 4.98 Å². The van der Waals surface area contributed by atoms with Gasteiger partial charge in [0.05, 0.1) is 4.83 Å². The van der Waals surface area contributed by atoms with Gasteiger partial charge in [-0.3, -0.25) is 0 Å². The van der Waals surface area contributed by atoms with Gasteiger partial charge in [-0.15, -0.1) is 0 Å². The van der Waals surface area contributed by atoms with Gasteiger partial charge in [0.2, 0.25) is 5.89 Å². The van der Waals surface area contributed by atoms with Gasteiger partial charge in [0, 0.05) is 11.4 Å². The van der Waals surface area contributed by atoms with Crippen LogP contribution in [0.25, 0.3) is 0 Å². The van der Waals surface area contributed by atoms with Crippen molar-refractivity contribution in [1.82, 2.24) is 10.1 Å². The molecule has 2 aromatic rings. The van der Waals surface area contributed by atoms with Crippen molar-refractivity contribution in [2.45, 2.75) is 24.6 Å². The lowest BCUT2D eigenvalue weighted by Crippen LogP contribution is -1.94. The van der Waals surface area contributed by atoms with Gasteiger partial charge in [-0.05, 0) is 24.1 Å². The molecular formula is C12H11BrClFN2O. The highest BCUT2D eigenvalue weighted by Gasteiger charge is 2.14. The third kappa shape index (κ3) is 3.09. The van der Waals surface area contributed by atoms with Gasteiger partial charge in [0.1, 0.15) is 5.82 Å². The molecule has 0 amide bonds. The zero-order valence-electron chi connectivity index (χ0n) is 9.66. The molecule has 1 heterocycles. The molecule has 0 spiro atoms. The van der Waals surface area contributed by atoms with Crippen molar-refractivity contribution in [3.63, 3.8) is 0 Å². The Bertz CT molecular complexity index is 547. The first-order chi connectivity index (χ1) is 8.60. The minimum absolute atomic E-state index is 0.0578. The third-order valence-corrected chi connectivity index (χ3v) is 3.86. The second kappa shape index (κ2) is 5.80. The molecule has 0 saturated carbocycles. The summed E-state index contributed by atoms with van der Waals surface area (Å²) >= 11 is 9.38. The van der Waals surface area contributed by atoms with Gasteiger partial charge in [-0.1, -0.05) is 45.7 Å². The van der Waals surface area contributed by atoms with Crippen LogP contribution in [0.15, 0.2) is 22.7 Å². The molecule has 3 nitrogen and oxygen atoms in total. The lowest BCUT2D eigenvalue weighted by molar-refractivity contribution is 0.372. The molecule has 96 valence electrons. The van der Waals surface area contributed by atoms with Crippen molar-refractivity contribution in [2.24, 2.45) is 0 Å². The van der Waals surface area contributed by atoms with E-state index in [1.807, 2.05) is 6.92 Å². The topological polar surface area (TPSA) is 38.9 Å². The first kappa shape index (κ1) is 13.5. The Balaban J connectivity index is 2.16. The van der Waals surface area contributed by atoms with Crippen LogP contribution in [0.2, 0.25) is 5.02 Å². The van der Waals surface area contributed by atoms with Gasteiger partial charge >= 0.3 is 0 Å². The van der Waals surface area contributed by atoms with Crippen LogP contribution in [-0.2, 0) is 6.42 Å². The molecule has 2 rings (SSSR count). The highest BCUT2D eigenvalue weighted by atomic mass is 79.9. The maximum atomic E-state index is 12.9. The first-order valence-electron chi connectivity index (χ1n) is 5.50. The largest absolute Gasteiger partial charge is 0.338 e.